The highest BCUT2D eigenvalue weighted by Crippen LogP contribution is 2.14. The van der Waals surface area contributed by atoms with Gasteiger partial charge < -0.3 is 9.88 Å². The molecule has 1 aromatic heterocycles. The van der Waals surface area contributed by atoms with Gasteiger partial charge in [-0.2, -0.15) is 0 Å². The van der Waals surface area contributed by atoms with Crippen molar-refractivity contribution in [3.05, 3.63) is 41.7 Å². The summed E-state index contributed by atoms with van der Waals surface area (Å²) in [4.78, 5) is 11.7. The van der Waals surface area contributed by atoms with E-state index in [1.165, 1.54) is 11.8 Å². The van der Waals surface area contributed by atoms with Crippen LogP contribution in [0, 0.1) is 6.92 Å². The molecule has 19 heavy (non-hydrogen) atoms. The second-order valence-corrected chi connectivity index (χ2v) is 5.08. The Kier molecular flexibility index (Phi) is 4.57. The predicted molar refractivity (Wildman–Crippen MR) is 74.8 cm³/mol. The van der Waals surface area contributed by atoms with E-state index in [1.807, 2.05) is 48.9 Å². The van der Waals surface area contributed by atoms with Crippen molar-refractivity contribution in [1.82, 2.24) is 20.1 Å². The summed E-state index contributed by atoms with van der Waals surface area (Å²) < 4.78 is 1.87. The molecule has 0 fully saturated rings. The molecule has 1 heterocycles. The molecule has 100 valence electrons. The molecular formula is C13H16N4OS. The number of rotatable bonds is 5. The summed E-state index contributed by atoms with van der Waals surface area (Å²) in [5.41, 5.74) is 1.09. The second kappa shape index (κ2) is 6.38. The molecule has 5 nitrogen and oxygen atoms in total. The van der Waals surface area contributed by atoms with Gasteiger partial charge in [0.1, 0.15) is 5.82 Å². The topological polar surface area (TPSA) is 59.8 Å². The number of hydrogen-bond acceptors (Lipinski definition) is 4. The van der Waals surface area contributed by atoms with Gasteiger partial charge in [0, 0.05) is 13.6 Å². The molecule has 2 aromatic rings. The number of amides is 1. The highest BCUT2D eigenvalue weighted by atomic mass is 32.2. The molecule has 0 bridgehead atoms. The van der Waals surface area contributed by atoms with Crippen molar-refractivity contribution in [1.29, 1.82) is 0 Å². The Morgan fingerprint density at radius 3 is 2.68 bits per heavy atom. The van der Waals surface area contributed by atoms with Crippen molar-refractivity contribution in [3.8, 4) is 0 Å². The lowest BCUT2D eigenvalue weighted by Crippen LogP contribution is -2.24. The summed E-state index contributed by atoms with van der Waals surface area (Å²) in [6.45, 7) is 2.44. The SMILES string of the molecule is Cc1nnc(SCC(=O)NCc2ccccc2)n1C. The van der Waals surface area contributed by atoms with Crippen LogP contribution in [-0.2, 0) is 18.4 Å². The van der Waals surface area contributed by atoms with Crippen LogP contribution in [0.4, 0.5) is 0 Å². The highest BCUT2D eigenvalue weighted by Gasteiger charge is 2.08. The fourth-order valence-electron chi connectivity index (χ4n) is 1.49. The van der Waals surface area contributed by atoms with E-state index in [0.717, 1.165) is 16.5 Å². The second-order valence-electron chi connectivity index (χ2n) is 4.14. The van der Waals surface area contributed by atoms with Gasteiger partial charge in [0.25, 0.3) is 0 Å². The maximum absolute atomic E-state index is 11.7. The van der Waals surface area contributed by atoms with E-state index in [2.05, 4.69) is 15.5 Å². The smallest absolute Gasteiger partial charge is 0.230 e. The lowest BCUT2D eigenvalue weighted by molar-refractivity contribution is -0.118. The Morgan fingerprint density at radius 1 is 1.32 bits per heavy atom. The summed E-state index contributed by atoms with van der Waals surface area (Å²) in [5.74, 6) is 1.18. The minimum atomic E-state index is -0.00509. The third-order valence-electron chi connectivity index (χ3n) is 2.72. The fourth-order valence-corrected chi connectivity index (χ4v) is 2.28. The minimum absolute atomic E-state index is 0.00509. The quantitative estimate of drug-likeness (QED) is 0.841. The normalized spacial score (nSPS) is 10.4. The summed E-state index contributed by atoms with van der Waals surface area (Å²) >= 11 is 1.39. The number of hydrogen-bond donors (Lipinski definition) is 1. The largest absolute Gasteiger partial charge is 0.351 e. The van der Waals surface area contributed by atoms with E-state index in [9.17, 15) is 4.79 Å². The molecule has 2 rings (SSSR count). The molecule has 0 atom stereocenters. The van der Waals surface area contributed by atoms with Gasteiger partial charge in [-0.3, -0.25) is 4.79 Å². The molecule has 0 saturated carbocycles. The number of carbonyl (C=O) groups is 1. The van der Waals surface area contributed by atoms with E-state index in [-0.39, 0.29) is 5.91 Å². The summed E-state index contributed by atoms with van der Waals surface area (Å²) in [6, 6.07) is 9.84. The summed E-state index contributed by atoms with van der Waals surface area (Å²) in [6.07, 6.45) is 0. The molecule has 0 aliphatic rings. The molecule has 6 heteroatoms. The zero-order valence-electron chi connectivity index (χ0n) is 11.0. The molecular weight excluding hydrogens is 260 g/mol. The molecule has 0 aliphatic carbocycles. The lowest BCUT2D eigenvalue weighted by Gasteiger charge is -2.05. The van der Waals surface area contributed by atoms with Gasteiger partial charge in [-0.1, -0.05) is 42.1 Å². The fraction of sp³-hybridized carbons (Fsp3) is 0.308. The van der Waals surface area contributed by atoms with Crippen LogP contribution in [0.3, 0.4) is 0 Å². The number of carbonyl (C=O) groups excluding carboxylic acids is 1. The molecule has 1 amide bonds. The maximum Gasteiger partial charge on any atom is 0.230 e. The summed E-state index contributed by atoms with van der Waals surface area (Å²) in [5, 5.41) is 11.6. The number of aromatic nitrogens is 3. The first-order valence-electron chi connectivity index (χ1n) is 5.96. The molecule has 0 radical (unpaired) electrons. The van der Waals surface area contributed by atoms with Gasteiger partial charge in [0.15, 0.2) is 5.16 Å². The first-order chi connectivity index (χ1) is 9.16. The van der Waals surface area contributed by atoms with Crippen molar-refractivity contribution < 1.29 is 4.79 Å². The van der Waals surface area contributed by atoms with Crippen molar-refractivity contribution >= 4 is 17.7 Å². The van der Waals surface area contributed by atoms with Gasteiger partial charge in [0.2, 0.25) is 5.91 Å². The van der Waals surface area contributed by atoms with Crippen LogP contribution in [0.25, 0.3) is 0 Å². The number of nitrogens with one attached hydrogen (secondary N) is 1. The predicted octanol–water partition coefficient (Wildman–Crippen LogP) is 1.53. The van der Waals surface area contributed by atoms with Crippen LogP contribution >= 0.6 is 11.8 Å². The monoisotopic (exact) mass is 276 g/mol. The zero-order chi connectivity index (χ0) is 13.7. The Bertz CT molecular complexity index is 553. The van der Waals surface area contributed by atoms with E-state index >= 15 is 0 Å². The van der Waals surface area contributed by atoms with Crippen LogP contribution in [0.1, 0.15) is 11.4 Å². The third kappa shape index (κ3) is 3.82. The number of thioether (sulfide) groups is 1. The van der Waals surface area contributed by atoms with Crippen LogP contribution in [0.2, 0.25) is 0 Å². The van der Waals surface area contributed by atoms with Crippen LogP contribution in [0.5, 0.6) is 0 Å². The van der Waals surface area contributed by atoms with Gasteiger partial charge in [0.05, 0.1) is 5.75 Å². The Morgan fingerprint density at radius 2 is 2.05 bits per heavy atom. The Hall–Kier alpha value is -1.82. The van der Waals surface area contributed by atoms with Gasteiger partial charge >= 0.3 is 0 Å². The average Bonchev–Trinajstić information content (AvgIpc) is 2.75. The third-order valence-corrected chi connectivity index (χ3v) is 3.74. The average molecular weight is 276 g/mol. The van der Waals surface area contributed by atoms with Crippen molar-refractivity contribution in [3.63, 3.8) is 0 Å². The molecule has 0 aliphatic heterocycles. The molecule has 0 saturated heterocycles. The van der Waals surface area contributed by atoms with E-state index < -0.39 is 0 Å². The number of aryl methyl sites for hydroxylation is 1. The van der Waals surface area contributed by atoms with E-state index in [4.69, 9.17) is 0 Å². The van der Waals surface area contributed by atoms with Gasteiger partial charge in [-0.15, -0.1) is 10.2 Å². The Labute approximate surface area is 116 Å². The molecule has 1 aromatic carbocycles. The van der Waals surface area contributed by atoms with Gasteiger partial charge in [-0.05, 0) is 12.5 Å². The highest BCUT2D eigenvalue weighted by molar-refractivity contribution is 7.99. The number of nitrogens with zero attached hydrogens (tertiary/aromatic N) is 3. The zero-order valence-corrected chi connectivity index (χ0v) is 11.8. The van der Waals surface area contributed by atoms with E-state index in [1.54, 1.807) is 0 Å². The van der Waals surface area contributed by atoms with Crippen molar-refractivity contribution in [2.45, 2.75) is 18.6 Å². The molecule has 0 unspecified atom stereocenters. The standard InChI is InChI=1S/C13H16N4OS/c1-10-15-16-13(17(10)2)19-9-12(18)14-8-11-6-4-3-5-7-11/h3-7H,8-9H2,1-2H3,(H,14,18). The lowest BCUT2D eigenvalue weighted by atomic mass is 10.2. The minimum Gasteiger partial charge on any atom is -0.351 e. The Balaban J connectivity index is 1.78. The molecule has 1 N–H and O–H groups in total. The van der Waals surface area contributed by atoms with Crippen LogP contribution < -0.4 is 5.32 Å². The van der Waals surface area contributed by atoms with Gasteiger partial charge in [-0.25, -0.2) is 0 Å². The van der Waals surface area contributed by atoms with Crippen molar-refractivity contribution in [2.75, 3.05) is 5.75 Å². The maximum atomic E-state index is 11.7. The summed E-state index contributed by atoms with van der Waals surface area (Å²) in [7, 11) is 1.89. The van der Waals surface area contributed by atoms with E-state index in [0.29, 0.717) is 12.3 Å². The first-order valence-corrected chi connectivity index (χ1v) is 6.95. The van der Waals surface area contributed by atoms with Crippen LogP contribution in [0.15, 0.2) is 35.5 Å². The first kappa shape index (κ1) is 13.6. The van der Waals surface area contributed by atoms with Crippen molar-refractivity contribution in [2.24, 2.45) is 7.05 Å². The number of benzene rings is 1. The van der Waals surface area contributed by atoms with Crippen LogP contribution in [-0.4, -0.2) is 26.4 Å². The molecule has 0 spiro atoms.